The first-order chi connectivity index (χ1) is 12.5. The molecule has 154 valence electrons. The Kier molecular flexibility index (Phi) is 10.4. The zero-order valence-electron chi connectivity index (χ0n) is 17.5. The van der Waals surface area contributed by atoms with Crippen molar-refractivity contribution in [2.75, 3.05) is 46.5 Å². The minimum absolute atomic E-state index is 0. The van der Waals surface area contributed by atoms with Crippen LogP contribution in [-0.4, -0.2) is 57.4 Å². The van der Waals surface area contributed by atoms with Gasteiger partial charge in [0.15, 0.2) is 5.96 Å². The average molecular weight is 489 g/mol. The second-order valence-corrected chi connectivity index (χ2v) is 7.83. The van der Waals surface area contributed by atoms with Crippen LogP contribution in [0.5, 0.6) is 5.75 Å². The molecule has 1 saturated heterocycles. The third-order valence-electron chi connectivity index (χ3n) is 4.69. The van der Waals surface area contributed by atoms with Crippen molar-refractivity contribution in [1.82, 2.24) is 10.2 Å². The molecule has 1 fully saturated rings. The molecule has 0 aliphatic carbocycles. The second-order valence-electron chi connectivity index (χ2n) is 7.83. The largest absolute Gasteiger partial charge is 0.491 e. The molecule has 1 unspecified atom stereocenters. The molecule has 1 aliphatic heterocycles. The minimum Gasteiger partial charge on any atom is -0.491 e. The molecule has 2 rings (SSSR count). The highest BCUT2D eigenvalue weighted by Gasteiger charge is 2.24. The van der Waals surface area contributed by atoms with Gasteiger partial charge in [-0.25, -0.2) is 0 Å². The van der Waals surface area contributed by atoms with Crippen molar-refractivity contribution in [3.8, 4) is 5.75 Å². The number of hydrogen-bond acceptors (Lipinski definition) is 3. The molecule has 1 aromatic rings. The summed E-state index contributed by atoms with van der Waals surface area (Å²) in [7, 11) is 1.84. The van der Waals surface area contributed by atoms with Crippen LogP contribution in [0.3, 0.4) is 0 Å². The summed E-state index contributed by atoms with van der Waals surface area (Å²) in [5.74, 6) is 2.52. The fourth-order valence-electron chi connectivity index (χ4n) is 3.31. The standard InChI is InChI=1S/C21H35N3O2.HI/c1-6-25-16-17-11-13-24(15-17)20(22-5)23-12-14-26-19-10-8-7-9-18(19)21(2,3)4;/h7-10,17H,6,11-16H2,1-5H3,(H,22,23);1H. The normalized spacial score (nSPS) is 17.6. The lowest BCUT2D eigenvalue weighted by atomic mass is 9.86. The Bertz CT molecular complexity index is 587. The quantitative estimate of drug-likeness (QED) is 0.273. The van der Waals surface area contributed by atoms with Gasteiger partial charge in [0.1, 0.15) is 12.4 Å². The molecule has 1 aliphatic rings. The number of likely N-dealkylation sites (tertiary alicyclic amines) is 1. The fourth-order valence-corrected chi connectivity index (χ4v) is 3.31. The minimum atomic E-state index is 0. The van der Waals surface area contributed by atoms with Gasteiger partial charge in [0.2, 0.25) is 0 Å². The van der Waals surface area contributed by atoms with Crippen LogP contribution in [0.15, 0.2) is 29.3 Å². The van der Waals surface area contributed by atoms with Crippen molar-refractivity contribution in [2.45, 2.75) is 39.5 Å². The third kappa shape index (κ3) is 7.49. The Morgan fingerprint density at radius 1 is 1.30 bits per heavy atom. The molecule has 5 nitrogen and oxygen atoms in total. The van der Waals surface area contributed by atoms with Gasteiger partial charge in [-0.05, 0) is 30.4 Å². The predicted octanol–water partition coefficient (Wildman–Crippen LogP) is 3.91. The van der Waals surface area contributed by atoms with Gasteiger partial charge in [0, 0.05) is 32.7 Å². The van der Waals surface area contributed by atoms with Crippen LogP contribution in [-0.2, 0) is 10.2 Å². The van der Waals surface area contributed by atoms with E-state index in [1.54, 1.807) is 0 Å². The molecular weight excluding hydrogens is 453 g/mol. The smallest absolute Gasteiger partial charge is 0.193 e. The van der Waals surface area contributed by atoms with E-state index in [0.717, 1.165) is 51.0 Å². The SMILES string of the molecule is CCOCC1CCN(C(=NC)NCCOc2ccccc2C(C)(C)C)C1.I. The van der Waals surface area contributed by atoms with E-state index in [1.165, 1.54) is 5.56 Å². The zero-order chi connectivity index (χ0) is 19.0. The first-order valence-corrected chi connectivity index (χ1v) is 9.71. The van der Waals surface area contributed by atoms with Crippen LogP contribution in [0.2, 0.25) is 0 Å². The van der Waals surface area contributed by atoms with Crippen molar-refractivity contribution < 1.29 is 9.47 Å². The van der Waals surface area contributed by atoms with Crippen LogP contribution in [0.4, 0.5) is 0 Å². The Balaban J connectivity index is 0.00000364. The van der Waals surface area contributed by atoms with E-state index in [2.05, 4.69) is 48.1 Å². The number of ether oxygens (including phenoxy) is 2. The molecule has 0 radical (unpaired) electrons. The van der Waals surface area contributed by atoms with Gasteiger partial charge in [-0.15, -0.1) is 24.0 Å². The summed E-state index contributed by atoms with van der Waals surface area (Å²) in [6.45, 7) is 13.7. The fraction of sp³-hybridized carbons (Fsp3) is 0.667. The van der Waals surface area contributed by atoms with E-state index in [-0.39, 0.29) is 29.4 Å². The maximum Gasteiger partial charge on any atom is 0.193 e. The Labute approximate surface area is 181 Å². The molecule has 1 N–H and O–H groups in total. The van der Waals surface area contributed by atoms with Gasteiger partial charge in [0.05, 0.1) is 13.2 Å². The number of guanidine groups is 1. The topological polar surface area (TPSA) is 46.1 Å². The molecule has 0 aromatic heterocycles. The molecular formula is C21H36IN3O2. The van der Waals surface area contributed by atoms with Crippen LogP contribution < -0.4 is 10.1 Å². The Morgan fingerprint density at radius 2 is 2.04 bits per heavy atom. The molecule has 27 heavy (non-hydrogen) atoms. The van der Waals surface area contributed by atoms with E-state index in [0.29, 0.717) is 12.5 Å². The monoisotopic (exact) mass is 489 g/mol. The van der Waals surface area contributed by atoms with E-state index in [4.69, 9.17) is 9.47 Å². The summed E-state index contributed by atoms with van der Waals surface area (Å²) >= 11 is 0. The van der Waals surface area contributed by atoms with Gasteiger partial charge >= 0.3 is 0 Å². The van der Waals surface area contributed by atoms with E-state index in [9.17, 15) is 0 Å². The highest BCUT2D eigenvalue weighted by atomic mass is 127. The van der Waals surface area contributed by atoms with Gasteiger partial charge in [0.25, 0.3) is 0 Å². The van der Waals surface area contributed by atoms with E-state index in [1.807, 2.05) is 26.1 Å². The number of benzene rings is 1. The molecule has 1 heterocycles. The molecule has 0 spiro atoms. The number of aliphatic imine (C=N–C) groups is 1. The highest BCUT2D eigenvalue weighted by Crippen LogP contribution is 2.30. The van der Waals surface area contributed by atoms with Crippen molar-refractivity contribution in [3.05, 3.63) is 29.8 Å². The molecule has 6 heteroatoms. The van der Waals surface area contributed by atoms with Crippen LogP contribution in [0, 0.1) is 5.92 Å². The molecule has 0 bridgehead atoms. The van der Waals surface area contributed by atoms with Crippen LogP contribution in [0.1, 0.15) is 39.7 Å². The van der Waals surface area contributed by atoms with E-state index < -0.39 is 0 Å². The van der Waals surface area contributed by atoms with Crippen molar-refractivity contribution in [3.63, 3.8) is 0 Å². The number of halogens is 1. The van der Waals surface area contributed by atoms with Crippen molar-refractivity contribution in [1.29, 1.82) is 0 Å². The van der Waals surface area contributed by atoms with E-state index >= 15 is 0 Å². The van der Waals surface area contributed by atoms with Crippen molar-refractivity contribution >= 4 is 29.9 Å². The molecule has 0 amide bonds. The lowest BCUT2D eigenvalue weighted by Gasteiger charge is -2.24. The number of para-hydroxylation sites is 1. The summed E-state index contributed by atoms with van der Waals surface area (Å²) in [5, 5.41) is 3.43. The molecule has 1 atom stereocenters. The lowest BCUT2D eigenvalue weighted by Crippen LogP contribution is -2.41. The summed E-state index contributed by atoms with van der Waals surface area (Å²) < 4.78 is 11.6. The maximum absolute atomic E-state index is 6.04. The summed E-state index contributed by atoms with van der Waals surface area (Å²) in [4.78, 5) is 6.73. The Hall–Kier alpha value is -1.02. The number of nitrogens with zero attached hydrogens (tertiary/aromatic N) is 2. The van der Waals surface area contributed by atoms with Gasteiger partial charge < -0.3 is 19.7 Å². The number of hydrogen-bond donors (Lipinski definition) is 1. The summed E-state index contributed by atoms with van der Waals surface area (Å²) in [5.41, 5.74) is 1.31. The molecule has 1 aromatic carbocycles. The third-order valence-corrected chi connectivity index (χ3v) is 4.69. The zero-order valence-corrected chi connectivity index (χ0v) is 19.8. The first kappa shape index (κ1) is 24.0. The second kappa shape index (κ2) is 11.7. The summed E-state index contributed by atoms with van der Waals surface area (Å²) in [6, 6.07) is 8.29. The summed E-state index contributed by atoms with van der Waals surface area (Å²) in [6.07, 6.45) is 1.16. The highest BCUT2D eigenvalue weighted by molar-refractivity contribution is 14.0. The van der Waals surface area contributed by atoms with Crippen LogP contribution in [0.25, 0.3) is 0 Å². The first-order valence-electron chi connectivity index (χ1n) is 9.71. The lowest BCUT2D eigenvalue weighted by molar-refractivity contribution is 0.114. The maximum atomic E-state index is 6.04. The predicted molar refractivity (Wildman–Crippen MR) is 124 cm³/mol. The van der Waals surface area contributed by atoms with Gasteiger partial charge in [-0.2, -0.15) is 0 Å². The number of rotatable bonds is 7. The average Bonchev–Trinajstić information content (AvgIpc) is 3.08. The van der Waals surface area contributed by atoms with Crippen LogP contribution >= 0.6 is 24.0 Å². The van der Waals surface area contributed by atoms with Gasteiger partial charge in [-0.3, -0.25) is 4.99 Å². The van der Waals surface area contributed by atoms with Crippen molar-refractivity contribution in [2.24, 2.45) is 10.9 Å². The number of nitrogens with one attached hydrogen (secondary N) is 1. The molecule has 0 saturated carbocycles. The van der Waals surface area contributed by atoms with Gasteiger partial charge in [-0.1, -0.05) is 39.0 Å². The Morgan fingerprint density at radius 3 is 2.70 bits per heavy atom.